The third-order valence-corrected chi connectivity index (χ3v) is 5.38. The zero-order chi connectivity index (χ0) is 18.1. The molecule has 0 radical (unpaired) electrons. The van der Waals surface area contributed by atoms with Crippen LogP contribution in [0.2, 0.25) is 0 Å². The molecule has 7 heteroatoms. The van der Waals surface area contributed by atoms with Gasteiger partial charge in [-0.3, -0.25) is 9.69 Å². The number of nitrogens with zero attached hydrogens (tertiary/aromatic N) is 5. The van der Waals surface area contributed by atoms with Gasteiger partial charge in [0.05, 0.1) is 13.7 Å². The van der Waals surface area contributed by atoms with Crippen LogP contribution in [0, 0.1) is 0 Å². The van der Waals surface area contributed by atoms with Crippen LogP contribution in [-0.4, -0.2) is 64.3 Å². The molecule has 1 amide bonds. The number of amides is 1. The number of carbonyl (C=O) groups is 1. The zero-order valence-electron chi connectivity index (χ0n) is 15.4. The Morgan fingerprint density at radius 3 is 2.73 bits per heavy atom. The van der Waals surface area contributed by atoms with Crippen molar-refractivity contribution in [1.82, 2.24) is 24.6 Å². The van der Waals surface area contributed by atoms with E-state index in [0.29, 0.717) is 12.1 Å². The summed E-state index contributed by atoms with van der Waals surface area (Å²) in [6.45, 7) is 4.29. The fraction of sp³-hybridized carbons (Fsp3) is 0.526. The third kappa shape index (κ3) is 3.19. The highest BCUT2D eigenvalue weighted by atomic mass is 16.5. The molecule has 3 heterocycles. The van der Waals surface area contributed by atoms with Crippen molar-refractivity contribution in [1.29, 1.82) is 0 Å². The number of piperidine rings is 1. The van der Waals surface area contributed by atoms with Gasteiger partial charge in [-0.2, -0.15) is 0 Å². The standard InChI is InChI=1S/C19H25N5O2/c1-22-10-11-24-17(13-22)20-21-18(24)15-4-3-9-23(12-15)19(25)14-5-7-16(26-2)8-6-14/h5-8,15H,3-4,9-13H2,1-2H3. The van der Waals surface area contributed by atoms with E-state index in [0.717, 1.165) is 56.4 Å². The molecular formula is C19H25N5O2. The predicted octanol–water partition coefficient (Wildman–Crippen LogP) is 1.75. The molecule has 1 aromatic heterocycles. The second-order valence-corrected chi connectivity index (χ2v) is 7.18. The Morgan fingerprint density at radius 2 is 1.96 bits per heavy atom. The number of methoxy groups -OCH3 is 1. The van der Waals surface area contributed by atoms with Crippen molar-refractivity contribution in [3.8, 4) is 5.75 Å². The first-order valence-corrected chi connectivity index (χ1v) is 9.19. The molecule has 4 rings (SSSR count). The first-order valence-electron chi connectivity index (χ1n) is 9.19. The van der Waals surface area contributed by atoms with E-state index in [2.05, 4.69) is 26.7 Å². The number of hydrogen-bond acceptors (Lipinski definition) is 5. The van der Waals surface area contributed by atoms with Crippen molar-refractivity contribution in [3.05, 3.63) is 41.5 Å². The smallest absolute Gasteiger partial charge is 0.253 e. The SMILES string of the molecule is COc1ccc(C(=O)N2CCCC(c3nnc4n3CCN(C)C4)C2)cc1. The van der Waals surface area contributed by atoms with Gasteiger partial charge in [0.2, 0.25) is 0 Å². The number of hydrogen-bond donors (Lipinski definition) is 0. The van der Waals surface area contributed by atoms with Gasteiger partial charge in [0.1, 0.15) is 17.4 Å². The number of carbonyl (C=O) groups excluding carboxylic acids is 1. The fourth-order valence-electron chi connectivity index (χ4n) is 3.89. The number of likely N-dealkylation sites (tertiary alicyclic amines) is 1. The van der Waals surface area contributed by atoms with Crippen LogP contribution in [0.4, 0.5) is 0 Å². The molecule has 2 aliphatic rings. The van der Waals surface area contributed by atoms with Crippen LogP contribution in [0.25, 0.3) is 0 Å². The molecule has 26 heavy (non-hydrogen) atoms. The highest BCUT2D eigenvalue weighted by Crippen LogP contribution is 2.28. The van der Waals surface area contributed by atoms with Crippen LogP contribution in [0.5, 0.6) is 5.75 Å². The number of likely N-dealkylation sites (N-methyl/N-ethyl adjacent to an activating group) is 1. The van der Waals surface area contributed by atoms with E-state index in [-0.39, 0.29) is 11.8 Å². The number of aromatic nitrogens is 3. The maximum absolute atomic E-state index is 12.9. The average Bonchev–Trinajstić information content (AvgIpc) is 3.10. The van der Waals surface area contributed by atoms with Gasteiger partial charge in [-0.1, -0.05) is 0 Å². The maximum atomic E-state index is 12.9. The number of ether oxygens (including phenoxy) is 1. The minimum absolute atomic E-state index is 0.0791. The Balaban J connectivity index is 1.50. The number of rotatable bonds is 3. The second-order valence-electron chi connectivity index (χ2n) is 7.18. The fourth-order valence-corrected chi connectivity index (χ4v) is 3.89. The lowest BCUT2D eigenvalue weighted by Crippen LogP contribution is -2.40. The van der Waals surface area contributed by atoms with Crippen LogP contribution < -0.4 is 4.74 Å². The maximum Gasteiger partial charge on any atom is 0.253 e. The molecule has 138 valence electrons. The molecule has 0 N–H and O–H groups in total. The molecule has 0 bridgehead atoms. The lowest BCUT2D eigenvalue weighted by Gasteiger charge is -2.33. The zero-order valence-corrected chi connectivity index (χ0v) is 15.4. The van der Waals surface area contributed by atoms with Crippen LogP contribution in [0.3, 0.4) is 0 Å². The van der Waals surface area contributed by atoms with E-state index in [1.165, 1.54) is 0 Å². The first kappa shape index (κ1) is 17.0. The van der Waals surface area contributed by atoms with E-state index >= 15 is 0 Å². The van der Waals surface area contributed by atoms with Gasteiger partial charge >= 0.3 is 0 Å². The molecule has 1 unspecified atom stereocenters. The summed E-state index contributed by atoms with van der Waals surface area (Å²) < 4.78 is 7.43. The molecule has 2 aliphatic heterocycles. The predicted molar refractivity (Wildman–Crippen MR) is 97.2 cm³/mol. The highest BCUT2D eigenvalue weighted by Gasteiger charge is 2.30. The molecule has 1 atom stereocenters. The summed E-state index contributed by atoms with van der Waals surface area (Å²) in [7, 11) is 3.73. The molecule has 1 saturated heterocycles. The van der Waals surface area contributed by atoms with Gasteiger partial charge in [0.15, 0.2) is 0 Å². The lowest BCUT2D eigenvalue weighted by molar-refractivity contribution is 0.0702. The van der Waals surface area contributed by atoms with Crippen LogP contribution in [0.1, 0.15) is 40.8 Å². The topological polar surface area (TPSA) is 63.5 Å². The van der Waals surface area contributed by atoms with Gasteiger partial charge in [0, 0.05) is 37.7 Å². The summed E-state index contributed by atoms with van der Waals surface area (Å²) in [6.07, 6.45) is 2.05. The molecule has 0 saturated carbocycles. The molecular weight excluding hydrogens is 330 g/mol. The Morgan fingerprint density at radius 1 is 1.15 bits per heavy atom. The van der Waals surface area contributed by atoms with Gasteiger partial charge in [0.25, 0.3) is 5.91 Å². The minimum Gasteiger partial charge on any atom is -0.497 e. The van der Waals surface area contributed by atoms with Gasteiger partial charge in [-0.15, -0.1) is 10.2 Å². The largest absolute Gasteiger partial charge is 0.497 e. The van der Waals surface area contributed by atoms with Gasteiger partial charge in [-0.05, 0) is 44.2 Å². The summed E-state index contributed by atoms with van der Waals surface area (Å²) in [4.78, 5) is 17.1. The summed E-state index contributed by atoms with van der Waals surface area (Å²) in [5, 5.41) is 8.86. The van der Waals surface area contributed by atoms with Crippen molar-refractivity contribution in [3.63, 3.8) is 0 Å². The molecule has 1 fully saturated rings. The van der Waals surface area contributed by atoms with Crippen molar-refractivity contribution in [2.45, 2.75) is 31.8 Å². The van der Waals surface area contributed by atoms with Crippen molar-refractivity contribution >= 4 is 5.91 Å². The summed E-state index contributed by atoms with van der Waals surface area (Å²) in [5.41, 5.74) is 0.705. The molecule has 1 aromatic carbocycles. The van der Waals surface area contributed by atoms with Crippen LogP contribution >= 0.6 is 0 Å². The molecule has 0 aliphatic carbocycles. The van der Waals surface area contributed by atoms with Crippen molar-refractivity contribution in [2.24, 2.45) is 0 Å². The Kier molecular flexibility index (Phi) is 4.63. The Hall–Kier alpha value is -2.41. The van der Waals surface area contributed by atoms with Crippen molar-refractivity contribution < 1.29 is 9.53 Å². The van der Waals surface area contributed by atoms with E-state index in [1.54, 1.807) is 7.11 Å². The van der Waals surface area contributed by atoms with Crippen LogP contribution in [-0.2, 0) is 13.1 Å². The number of fused-ring (bicyclic) bond motifs is 1. The van der Waals surface area contributed by atoms with E-state index in [9.17, 15) is 4.79 Å². The van der Waals surface area contributed by atoms with E-state index < -0.39 is 0 Å². The summed E-state index contributed by atoms with van der Waals surface area (Å²) in [6, 6.07) is 7.33. The average molecular weight is 355 g/mol. The quantitative estimate of drug-likeness (QED) is 0.839. The van der Waals surface area contributed by atoms with E-state index in [1.807, 2.05) is 29.2 Å². The van der Waals surface area contributed by atoms with Crippen LogP contribution in [0.15, 0.2) is 24.3 Å². The molecule has 0 spiro atoms. The molecule has 2 aromatic rings. The van der Waals surface area contributed by atoms with Gasteiger partial charge in [-0.25, -0.2) is 0 Å². The summed E-state index contributed by atoms with van der Waals surface area (Å²) in [5.74, 6) is 3.18. The second kappa shape index (κ2) is 7.07. The minimum atomic E-state index is 0.0791. The van der Waals surface area contributed by atoms with Gasteiger partial charge < -0.3 is 14.2 Å². The lowest BCUT2D eigenvalue weighted by atomic mass is 9.96. The highest BCUT2D eigenvalue weighted by molar-refractivity contribution is 5.94. The monoisotopic (exact) mass is 355 g/mol. The normalized spacial score (nSPS) is 20.7. The Bertz CT molecular complexity index is 786. The Labute approximate surface area is 153 Å². The van der Waals surface area contributed by atoms with E-state index in [4.69, 9.17) is 4.74 Å². The molecule has 7 nitrogen and oxygen atoms in total. The first-order chi connectivity index (χ1) is 12.7. The summed E-state index contributed by atoms with van der Waals surface area (Å²) >= 11 is 0. The third-order valence-electron chi connectivity index (χ3n) is 5.38. The van der Waals surface area contributed by atoms with Crippen molar-refractivity contribution in [2.75, 3.05) is 33.8 Å². The number of benzene rings is 1.